The molecule has 2 aromatic rings. The van der Waals surface area contributed by atoms with E-state index in [1.807, 2.05) is 36.4 Å². The molecule has 1 heterocycles. The van der Waals surface area contributed by atoms with Crippen molar-refractivity contribution >= 4 is 17.3 Å². The number of aromatic nitrogens is 1. The SMILES string of the molecule is N=C(Cc1ccncc1)c1ccccc1C(N)Cl. The van der Waals surface area contributed by atoms with E-state index >= 15 is 0 Å². The molecule has 0 radical (unpaired) electrons. The molecular weight excluding hydrogens is 246 g/mol. The maximum atomic E-state index is 8.17. The first kappa shape index (κ1) is 12.7. The largest absolute Gasteiger partial charge is 0.312 e. The minimum Gasteiger partial charge on any atom is -0.312 e. The molecule has 0 saturated heterocycles. The zero-order valence-electron chi connectivity index (χ0n) is 9.81. The summed E-state index contributed by atoms with van der Waals surface area (Å²) in [6, 6.07) is 11.3. The molecule has 0 fully saturated rings. The summed E-state index contributed by atoms with van der Waals surface area (Å²) in [7, 11) is 0. The number of halogens is 1. The highest BCUT2D eigenvalue weighted by molar-refractivity contribution is 6.21. The lowest BCUT2D eigenvalue weighted by Gasteiger charge is -2.12. The Labute approximate surface area is 111 Å². The lowest BCUT2D eigenvalue weighted by Crippen LogP contribution is -2.12. The van der Waals surface area contributed by atoms with Gasteiger partial charge >= 0.3 is 0 Å². The molecule has 0 amide bonds. The van der Waals surface area contributed by atoms with Gasteiger partial charge in [-0.1, -0.05) is 24.3 Å². The fraction of sp³-hybridized carbons (Fsp3) is 0.143. The Morgan fingerprint density at radius 2 is 1.89 bits per heavy atom. The van der Waals surface area contributed by atoms with Crippen LogP contribution in [0.5, 0.6) is 0 Å². The zero-order valence-corrected chi connectivity index (χ0v) is 10.6. The molecule has 4 heteroatoms. The van der Waals surface area contributed by atoms with Gasteiger partial charge < -0.3 is 11.1 Å². The summed E-state index contributed by atoms with van der Waals surface area (Å²) < 4.78 is 0. The molecule has 3 nitrogen and oxygen atoms in total. The first-order valence-corrected chi connectivity index (χ1v) is 6.07. The molecule has 1 aromatic heterocycles. The van der Waals surface area contributed by atoms with Crippen LogP contribution in [0.15, 0.2) is 48.8 Å². The van der Waals surface area contributed by atoms with Crippen LogP contribution in [-0.4, -0.2) is 10.7 Å². The number of hydrogen-bond acceptors (Lipinski definition) is 3. The van der Waals surface area contributed by atoms with Crippen LogP contribution in [-0.2, 0) is 6.42 Å². The fourth-order valence-corrected chi connectivity index (χ4v) is 2.00. The zero-order chi connectivity index (χ0) is 13.0. The van der Waals surface area contributed by atoms with Crippen LogP contribution in [0.3, 0.4) is 0 Å². The van der Waals surface area contributed by atoms with Gasteiger partial charge in [0, 0.05) is 30.1 Å². The monoisotopic (exact) mass is 259 g/mol. The minimum absolute atomic E-state index is 0.507. The van der Waals surface area contributed by atoms with Gasteiger partial charge in [0.25, 0.3) is 0 Å². The normalized spacial score (nSPS) is 12.1. The Morgan fingerprint density at radius 1 is 1.22 bits per heavy atom. The number of hydrogen-bond donors (Lipinski definition) is 2. The van der Waals surface area contributed by atoms with E-state index in [0.29, 0.717) is 12.1 Å². The Kier molecular flexibility index (Phi) is 4.07. The van der Waals surface area contributed by atoms with Crippen molar-refractivity contribution < 1.29 is 0 Å². The third-order valence-corrected chi connectivity index (χ3v) is 2.95. The Morgan fingerprint density at radius 3 is 2.56 bits per heavy atom. The molecule has 0 saturated carbocycles. The van der Waals surface area contributed by atoms with E-state index in [1.165, 1.54) is 0 Å². The molecule has 3 N–H and O–H groups in total. The highest BCUT2D eigenvalue weighted by Crippen LogP contribution is 2.20. The van der Waals surface area contributed by atoms with E-state index < -0.39 is 5.50 Å². The van der Waals surface area contributed by atoms with Gasteiger partial charge in [-0.25, -0.2) is 0 Å². The number of alkyl halides is 1. The van der Waals surface area contributed by atoms with Crippen LogP contribution in [0.1, 0.15) is 22.2 Å². The second kappa shape index (κ2) is 5.76. The number of nitrogens with zero attached hydrogens (tertiary/aromatic N) is 1. The maximum Gasteiger partial charge on any atom is 0.106 e. The first-order valence-electron chi connectivity index (χ1n) is 5.64. The number of benzene rings is 1. The van der Waals surface area contributed by atoms with Crippen LogP contribution in [0.25, 0.3) is 0 Å². The molecule has 92 valence electrons. The van der Waals surface area contributed by atoms with Crippen molar-refractivity contribution in [2.45, 2.75) is 11.9 Å². The number of pyridine rings is 1. The second-order valence-electron chi connectivity index (χ2n) is 4.00. The molecule has 0 spiro atoms. The molecule has 0 aliphatic carbocycles. The molecular formula is C14H14ClN3. The summed E-state index contributed by atoms with van der Waals surface area (Å²) in [5.41, 5.74) is 8.27. The summed E-state index contributed by atoms with van der Waals surface area (Å²) in [5.74, 6) is 0. The lowest BCUT2D eigenvalue weighted by molar-refractivity contribution is 1.01. The predicted molar refractivity (Wildman–Crippen MR) is 74.0 cm³/mol. The van der Waals surface area contributed by atoms with E-state index in [1.54, 1.807) is 12.4 Å². The molecule has 0 aliphatic rings. The van der Waals surface area contributed by atoms with Gasteiger partial charge in [-0.3, -0.25) is 4.98 Å². The summed E-state index contributed by atoms with van der Waals surface area (Å²) in [6.07, 6.45) is 3.99. The van der Waals surface area contributed by atoms with E-state index in [-0.39, 0.29) is 0 Å². The first-order chi connectivity index (χ1) is 8.68. The quantitative estimate of drug-likeness (QED) is 0.504. The molecule has 1 unspecified atom stereocenters. The van der Waals surface area contributed by atoms with Crippen LogP contribution < -0.4 is 5.73 Å². The van der Waals surface area contributed by atoms with Gasteiger partial charge in [0.05, 0.1) is 0 Å². The minimum atomic E-state index is -0.584. The number of nitrogens with one attached hydrogen (secondary N) is 1. The molecule has 0 bridgehead atoms. The molecule has 0 aliphatic heterocycles. The summed E-state index contributed by atoms with van der Waals surface area (Å²) in [4.78, 5) is 3.96. The Bertz CT molecular complexity index is 538. The predicted octanol–water partition coefficient (Wildman–Crippen LogP) is 2.89. The van der Waals surface area contributed by atoms with Gasteiger partial charge in [-0.2, -0.15) is 0 Å². The van der Waals surface area contributed by atoms with E-state index in [2.05, 4.69) is 4.98 Å². The van der Waals surface area contributed by atoms with Crippen molar-refractivity contribution in [2.24, 2.45) is 5.73 Å². The average Bonchev–Trinajstić information content (AvgIpc) is 2.40. The molecule has 18 heavy (non-hydrogen) atoms. The standard InChI is InChI=1S/C14H14ClN3/c15-14(17)12-4-2-1-3-11(12)13(16)9-10-5-7-18-8-6-10/h1-8,14,16H,9,17H2. The van der Waals surface area contributed by atoms with Gasteiger partial charge in [0.2, 0.25) is 0 Å². The Balaban J connectivity index is 2.24. The average molecular weight is 260 g/mol. The smallest absolute Gasteiger partial charge is 0.106 e. The second-order valence-corrected chi connectivity index (χ2v) is 4.47. The summed E-state index contributed by atoms with van der Waals surface area (Å²) in [6.45, 7) is 0. The van der Waals surface area contributed by atoms with Crippen molar-refractivity contribution in [3.05, 3.63) is 65.5 Å². The lowest BCUT2D eigenvalue weighted by atomic mass is 9.98. The third-order valence-electron chi connectivity index (χ3n) is 2.71. The van der Waals surface area contributed by atoms with E-state index in [0.717, 1.165) is 16.7 Å². The van der Waals surface area contributed by atoms with Gasteiger partial charge in [0.1, 0.15) is 5.50 Å². The van der Waals surface area contributed by atoms with Crippen LogP contribution in [0.4, 0.5) is 0 Å². The number of nitrogens with two attached hydrogens (primary N) is 1. The van der Waals surface area contributed by atoms with Crippen LogP contribution in [0, 0.1) is 5.41 Å². The molecule has 1 aromatic carbocycles. The van der Waals surface area contributed by atoms with Crippen molar-refractivity contribution in [2.75, 3.05) is 0 Å². The van der Waals surface area contributed by atoms with Crippen molar-refractivity contribution in [1.82, 2.24) is 4.98 Å². The van der Waals surface area contributed by atoms with E-state index in [9.17, 15) is 0 Å². The van der Waals surface area contributed by atoms with Gasteiger partial charge in [0.15, 0.2) is 0 Å². The third kappa shape index (κ3) is 2.94. The summed E-state index contributed by atoms with van der Waals surface area (Å²) >= 11 is 5.93. The van der Waals surface area contributed by atoms with Crippen molar-refractivity contribution in [3.63, 3.8) is 0 Å². The van der Waals surface area contributed by atoms with Crippen LogP contribution >= 0.6 is 11.6 Å². The Hall–Kier alpha value is -1.71. The number of rotatable bonds is 4. The maximum absolute atomic E-state index is 8.17. The van der Waals surface area contributed by atoms with Crippen LogP contribution in [0.2, 0.25) is 0 Å². The van der Waals surface area contributed by atoms with Gasteiger partial charge in [-0.15, -0.1) is 11.6 Å². The molecule has 2 rings (SSSR count). The highest BCUT2D eigenvalue weighted by Gasteiger charge is 2.11. The highest BCUT2D eigenvalue weighted by atomic mass is 35.5. The van der Waals surface area contributed by atoms with Crippen molar-refractivity contribution in [1.29, 1.82) is 5.41 Å². The van der Waals surface area contributed by atoms with E-state index in [4.69, 9.17) is 22.7 Å². The molecule has 1 atom stereocenters. The topological polar surface area (TPSA) is 62.8 Å². The summed E-state index contributed by atoms with van der Waals surface area (Å²) in [5, 5.41) is 8.17. The van der Waals surface area contributed by atoms with Gasteiger partial charge in [-0.05, 0) is 23.3 Å². The fourth-order valence-electron chi connectivity index (χ4n) is 1.81. The van der Waals surface area contributed by atoms with Crippen molar-refractivity contribution in [3.8, 4) is 0 Å².